The van der Waals surface area contributed by atoms with Gasteiger partial charge in [-0.3, -0.25) is 9.36 Å². The number of nitrogens with zero attached hydrogens (tertiary/aromatic N) is 5. The van der Waals surface area contributed by atoms with E-state index in [2.05, 4.69) is 39.7 Å². The maximum absolute atomic E-state index is 12.8. The van der Waals surface area contributed by atoms with Gasteiger partial charge in [0.25, 0.3) is 5.91 Å². The Labute approximate surface area is 209 Å². The van der Waals surface area contributed by atoms with Crippen LogP contribution in [0.2, 0.25) is 0 Å². The Morgan fingerprint density at radius 2 is 1.78 bits per heavy atom. The maximum Gasteiger partial charge on any atom is 0.255 e. The molecule has 36 heavy (non-hydrogen) atoms. The molecule has 0 aliphatic heterocycles. The lowest BCUT2D eigenvalue weighted by molar-refractivity contribution is 0.102. The zero-order chi connectivity index (χ0) is 25.1. The summed E-state index contributed by atoms with van der Waals surface area (Å²) in [5.74, 6) is 1.07. The minimum absolute atomic E-state index is 0.0607. The molecule has 0 fully saturated rings. The van der Waals surface area contributed by atoms with Crippen molar-refractivity contribution in [2.75, 3.05) is 29.6 Å². The molecule has 2 aromatic heterocycles. The number of hydrogen-bond acceptors (Lipinski definition) is 6. The van der Waals surface area contributed by atoms with E-state index in [4.69, 9.17) is 4.98 Å². The predicted octanol–water partition coefficient (Wildman–Crippen LogP) is 5.31. The van der Waals surface area contributed by atoms with E-state index in [1.54, 1.807) is 18.6 Å². The van der Waals surface area contributed by atoms with Crippen molar-refractivity contribution in [2.45, 2.75) is 13.0 Å². The molecule has 3 aromatic carbocycles. The lowest BCUT2D eigenvalue weighted by Gasteiger charge is -2.14. The fraction of sp³-hybridized carbons (Fsp3) is 0.143. The van der Waals surface area contributed by atoms with Crippen molar-refractivity contribution in [1.29, 1.82) is 0 Å². The Hall–Kier alpha value is -4.72. The summed E-state index contributed by atoms with van der Waals surface area (Å²) >= 11 is 0. The fourth-order valence-corrected chi connectivity index (χ4v) is 3.97. The van der Waals surface area contributed by atoms with E-state index in [-0.39, 0.29) is 11.9 Å². The Kier molecular flexibility index (Phi) is 6.32. The van der Waals surface area contributed by atoms with Gasteiger partial charge in [0.15, 0.2) is 0 Å². The topological polar surface area (TPSA) is 88.0 Å². The normalized spacial score (nSPS) is 11.8. The molecule has 0 radical (unpaired) electrons. The summed E-state index contributed by atoms with van der Waals surface area (Å²) in [6.45, 7) is 2.07. The molecule has 0 spiro atoms. The van der Waals surface area contributed by atoms with Crippen LogP contribution in [0.3, 0.4) is 0 Å². The minimum atomic E-state index is -0.170. The summed E-state index contributed by atoms with van der Waals surface area (Å²) in [7, 11) is 3.89. The molecule has 0 saturated heterocycles. The quantitative estimate of drug-likeness (QED) is 0.330. The van der Waals surface area contributed by atoms with Gasteiger partial charge >= 0.3 is 0 Å². The molecule has 8 nitrogen and oxygen atoms in total. The number of rotatable bonds is 7. The Bertz CT molecular complexity index is 1510. The second-order valence-electron chi connectivity index (χ2n) is 8.73. The average molecular weight is 478 g/mol. The zero-order valence-electron chi connectivity index (χ0n) is 20.4. The first-order chi connectivity index (χ1) is 17.5. The number of carbonyl (C=O) groups is 1. The van der Waals surface area contributed by atoms with Gasteiger partial charge in [-0.2, -0.15) is 4.98 Å². The first-order valence-corrected chi connectivity index (χ1v) is 11.7. The van der Waals surface area contributed by atoms with Crippen LogP contribution in [0.15, 0.2) is 91.4 Å². The van der Waals surface area contributed by atoms with Crippen molar-refractivity contribution >= 4 is 34.3 Å². The lowest BCUT2D eigenvalue weighted by Crippen LogP contribution is -2.14. The molecule has 1 unspecified atom stereocenters. The number of amides is 1. The van der Waals surface area contributed by atoms with E-state index < -0.39 is 0 Å². The summed E-state index contributed by atoms with van der Waals surface area (Å²) in [5.41, 5.74) is 5.02. The Morgan fingerprint density at radius 3 is 2.58 bits per heavy atom. The van der Waals surface area contributed by atoms with Gasteiger partial charge in [-0.1, -0.05) is 36.4 Å². The summed E-state index contributed by atoms with van der Waals surface area (Å²) in [6, 6.07) is 25.2. The van der Waals surface area contributed by atoms with Crippen molar-refractivity contribution in [3.8, 4) is 5.82 Å². The fourth-order valence-electron chi connectivity index (χ4n) is 3.97. The first kappa shape index (κ1) is 23.0. The van der Waals surface area contributed by atoms with E-state index in [9.17, 15) is 4.79 Å². The number of nitrogens with one attached hydrogen (secondary N) is 2. The molecule has 0 saturated carbocycles. The third kappa shape index (κ3) is 4.88. The van der Waals surface area contributed by atoms with Crippen LogP contribution in [0.25, 0.3) is 16.9 Å². The van der Waals surface area contributed by atoms with Crippen LogP contribution >= 0.6 is 0 Å². The van der Waals surface area contributed by atoms with Gasteiger partial charge in [-0.05, 0) is 55.0 Å². The van der Waals surface area contributed by atoms with Gasteiger partial charge in [-0.15, -0.1) is 0 Å². The van der Waals surface area contributed by atoms with Crippen molar-refractivity contribution in [2.24, 2.45) is 0 Å². The van der Waals surface area contributed by atoms with E-state index in [0.717, 1.165) is 22.3 Å². The van der Waals surface area contributed by atoms with E-state index in [1.165, 1.54) is 0 Å². The van der Waals surface area contributed by atoms with Crippen LogP contribution in [0.1, 0.15) is 28.9 Å². The predicted molar refractivity (Wildman–Crippen MR) is 144 cm³/mol. The number of anilines is 3. The Balaban J connectivity index is 1.35. The molecule has 0 aliphatic rings. The molecule has 5 rings (SSSR count). The van der Waals surface area contributed by atoms with Gasteiger partial charge in [-0.25, -0.2) is 9.97 Å². The smallest absolute Gasteiger partial charge is 0.255 e. The number of aromatic nitrogens is 4. The summed E-state index contributed by atoms with van der Waals surface area (Å²) in [6.07, 6.45) is 3.45. The number of hydrogen-bond donors (Lipinski definition) is 2. The molecule has 5 aromatic rings. The van der Waals surface area contributed by atoms with Gasteiger partial charge in [0, 0.05) is 37.2 Å². The van der Waals surface area contributed by atoms with Gasteiger partial charge in [0.05, 0.1) is 17.1 Å². The van der Waals surface area contributed by atoms with Crippen LogP contribution in [0.4, 0.5) is 17.3 Å². The first-order valence-electron chi connectivity index (χ1n) is 11.7. The summed E-state index contributed by atoms with van der Waals surface area (Å²) in [4.78, 5) is 28.4. The third-order valence-electron chi connectivity index (χ3n) is 5.96. The molecule has 2 N–H and O–H groups in total. The molecular formula is C28H27N7O. The van der Waals surface area contributed by atoms with Crippen molar-refractivity contribution < 1.29 is 4.79 Å². The Morgan fingerprint density at radius 1 is 0.944 bits per heavy atom. The summed E-state index contributed by atoms with van der Waals surface area (Å²) in [5, 5.41) is 6.33. The van der Waals surface area contributed by atoms with Crippen LogP contribution < -0.4 is 15.5 Å². The van der Waals surface area contributed by atoms with Crippen LogP contribution in [-0.2, 0) is 0 Å². The highest BCUT2D eigenvalue weighted by atomic mass is 16.1. The number of imidazole rings is 1. The highest BCUT2D eigenvalue weighted by molar-refractivity contribution is 6.05. The molecule has 180 valence electrons. The average Bonchev–Trinajstić information content (AvgIpc) is 3.33. The van der Waals surface area contributed by atoms with Crippen LogP contribution in [-0.4, -0.2) is 39.5 Å². The van der Waals surface area contributed by atoms with Gasteiger partial charge in [0.2, 0.25) is 5.95 Å². The second-order valence-corrected chi connectivity index (χ2v) is 8.73. The molecule has 0 aliphatic carbocycles. The largest absolute Gasteiger partial charge is 0.378 e. The standard InChI is InChI=1S/C28H27N7O/c1-19(20-8-5-4-6-9-20)31-28-29-15-14-26(33-28)35-18-30-24-17-22(12-13-25(24)35)32-27(36)21-10-7-11-23(16-21)34(2)3/h4-19H,1-3H3,(H,32,36)(H,29,31,33). The highest BCUT2D eigenvalue weighted by Gasteiger charge is 2.12. The minimum Gasteiger partial charge on any atom is -0.378 e. The number of carbonyl (C=O) groups excluding carboxylic acids is 1. The van der Waals surface area contributed by atoms with E-state index in [0.29, 0.717) is 23.0 Å². The van der Waals surface area contributed by atoms with Crippen molar-refractivity contribution in [3.63, 3.8) is 0 Å². The van der Waals surface area contributed by atoms with Crippen molar-refractivity contribution in [1.82, 2.24) is 19.5 Å². The SMILES string of the molecule is CC(Nc1nccc(-n2cnc3cc(NC(=O)c4cccc(N(C)C)c4)ccc32)n1)c1ccccc1. The number of benzene rings is 3. The lowest BCUT2D eigenvalue weighted by atomic mass is 10.1. The molecular weight excluding hydrogens is 450 g/mol. The third-order valence-corrected chi connectivity index (χ3v) is 5.96. The maximum atomic E-state index is 12.8. The molecule has 2 heterocycles. The van der Waals surface area contributed by atoms with Gasteiger partial charge in [0.1, 0.15) is 12.1 Å². The molecule has 1 atom stereocenters. The zero-order valence-corrected chi connectivity index (χ0v) is 20.4. The van der Waals surface area contributed by atoms with Crippen LogP contribution in [0.5, 0.6) is 0 Å². The molecule has 0 bridgehead atoms. The summed E-state index contributed by atoms with van der Waals surface area (Å²) < 4.78 is 1.90. The number of fused-ring (bicyclic) bond motifs is 1. The van der Waals surface area contributed by atoms with E-state index >= 15 is 0 Å². The monoisotopic (exact) mass is 477 g/mol. The highest BCUT2D eigenvalue weighted by Crippen LogP contribution is 2.23. The molecule has 8 heteroatoms. The molecule has 1 amide bonds. The van der Waals surface area contributed by atoms with Gasteiger partial charge < -0.3 is 15.5 Å². The van der Waals surface area contributed by atoms with E-state index in [1.807, 2.05) is 84.2 Å². The second kappa shape index (κ2) is 9.87. The van der Waals surface area contributed by atoms with Crippen molar-refractivity contribution in [3.05, 3.63) is 103 Å². The van der Waals surface area contributed by atoms with Crippen LogP contribution in [0, 0.1) is 0 Å².